The monoisotopic (exact) mass is 84.1 g/mol. The molecule has 0 rings (SSSR count). The summed E-state index contributed by atoms with van der Waals surface area (Å²) < 4.78 is 0. The van der Waals surface area contributed by atoms with Crippen LogP contribution in [0.15, 0.2) is 12.8 Å². The average Bonchev–Trinajstić information content (AvgIpc) is 1.61. The third-order valence-corrected chi connectivity index (χ3v) is 0.423. The molecule has 0 amide bonds. The standard InChI is InChI=1S/C3H9BN2/c1-3-6-4-5-2/h3-6H,1H2,2H3. The Morgan fingerprint density at radius 1 is 1.83 bits per heavy atom. The van der Waals surface area contributed by atoms with Gasteiger partial charge in [0.2, 0.25) is 0 Å². The van der Waals surface area contributed by atoms with Gasteiger partial charge < -0.3 is 10.5 Å². The molecule has 0 heterocycles. The summed E-state index contributed by atoms with van der Waals surface area (Å²) in [6.45, 7) is 3.45. The number of hydrogen-bond donors (Lipinski definition) is 2. The van der Waals surface area contributed by atoms with Gasteiger partial charge in [0.1, 0.15) is 0 Å². The van der Waals surface area contributed by atoms with Crippen molar-refractivity contribution >= 4 is 7.55 Å². The molecule has 2 nitrogen and oxygen atoms in total. The van der Waals surface area contributed by atoms with Crippen LogP contribution in [0.1, 0.15) is 0 Å². The van der Waals surface area contributed by atoms with Gasteiger partial charge in [-0.2, -0.15) is 0 Å². The van der Waals surface area contributed by atoms with Gasteiger partial charge in [0.05, 0.1) is 0 Å². The molecule has 0 aromatic heterocycles. The van der Waals surface area contributed by atoms with Crippen molar-refractivity contribution in [3.05, 3.63) is 12.8 Å². The lowest BCUT2D eigenvalue weighted by molar-refractivity contribution is 1.17. The summed E-state index contributed by atoms with van der Waals surface area (Å²) in [6, 6.07) is 0. The molecule has 0 aliphatic carbocycles. The van der Waals surface area contributed by atoms with Crippen molar-refractivity contribution in [3.63, 3.8) is 0 Å². The number of rotatable bonds is 3. The van der Waals surface area contributed by atoms with Crippen LogP contribution in [0.2, 0.25) is 0 Å². The van der Waals surface area contributed by atoms with Gasteiger partial charge in [0, 0.05) is 0 Å². The molecule has 0 aromatic rings. The van der Waals surface area contributed by atoms with Gasteiger partial charge >= 0.3 is 7.55 Å². The highest BCUT2D eigenvalue weighted by Crippen LogP contribution is 1.40. The molecule has 2 N–H and O–H groups in total. The van der Waals surface area contributed by atoms with E-state index in [0.717, 1.165) is 7.55 Å². The Labute approximate surface area is 38.9 Å². The van der Waals surface area contributed by atoms with Crippen LogP contribution in [0.25, 0.3) is 0 Å². The van der Waals surface area contributed by atoms with Crippen molar-refractivity contribution in [3.8, 4) is 0 Å². The van der Waals surface area contributed by atoms with Crippen LogP contribution < -0.4 is 10.5 Å². The van der Waals surface area contributed by atoms with E-state index >= 15 is 0 Å². The summed E-state index contributed by atoms with van der Waals surface area (Å²) >= 11 is 0. The second kappa shape index (κ2) is 4.56. The summed E-state index contributed by atoms with van der Waals surface area (Å²) in [5, 5.41) is 5.74. The molecule has 0 spiro atoms. The first-order valence-corrected chi connectivity index (χ1v) is 1.90. The summed E-state index contributed by atoms with van der Waals surface area (Å²) in [5.41, 5.74) is 0. The van der Waals surface area contributed by atoms with E-state index in [9.17, 15) is 0 Å². The topological polar surface area (TPSA) is 24.1 Å². The summed E-state index contributed by atoms with van der Waals surface area (Å²) in [4.78, 5) is 0. The van der Waals surface area contributed by atoms with Crippen molar-refractivity contribution < 1.29 is 0 Å². The number of hydrogen-bond acceptors (Lipinski definition) is 2. The van der Waals surface area contributed by atoms with Crippen LogP contribution in [0.4, 0.5) is 0 Å². The van der Waals surface area contributed by atoms with Gasteiger partial charge in [0.15, 0.2) is 0 Å². The second-order valence-corrected chi connectivity index (χ2v) is 0.939. The average molecular weight is 83.9 g/mol. The van der Waals surface area contributed by atoms with Gasteiger partial charge in [-0.15, -0.1) is 0 Å². The fraction of sp³-hybridized carbons (Fsp3) is 0.333. The van der Waals surface area contributed by atoms with Crippen LogP contribution in [0.5, 0.6) is 0 Å². The lowest BCUT2D eigenvalue weighted by Crippen LogP contribution is -2.25. The second-order valence-electron chi connectivity index (χ2n) is 0.939. The zero-order valence-electron chi connectivity index (χ0n) is 3.99. The first-order valence-electron chi connectivity index (χ1n) is 1.90. The Balaban J connectivity index is 2.49. The first kappa shape index (κ1) is 5.56. The van der Waals surface area contributed by atoms with Gasteiger partial charge in [-0.05, 0) is 13.2 Å². The molecule has 0 aliphatic heterocycles. The molecule has 0 fully saturated rings. The highest BCUT2D eigenvalue weighted by Gasteiger charge is 1.70. The molecular formula is C3H9BN2. The highest BCUT2D eigenvalue weighted by atomic mass is 14.9. The van der Waals surface area contributed by atoms with E-state index in [1.165, 1.54) is 0 Å². The molecule has 34 valence electrons. The van der Waals surface area contributed by atoms with Crippen molar-refractivity contribution in [2.45, 2.75) is 0 Å². The van der Waals surface area contributed by atoms with Crippen molar-refractivity contribution in [2.24, 2.45) is 0 Å². The van der Waals surface area contributed by atoms with Crippen LogP contribution in [0.3, 0.4) is 0 Å². The van der Waals surface area contributed by atoms with E-state index in [0.29, 0.717) is 0 Å². The normalized spacial score (nSPS) is 6.83. The van der Waals surface area contributed by atoms with Crippen LogP contribution >= 0.6 is 0 Å². The predicted molar refractivity (Wildman–Crippen MR) is 29.5 cm³/mol. The van der Waals surface area contributed by atoms with Gasteiger partial charge in [-0.3, -0.25) is 0 Å². The Bertz CT molecular complexity index is 37.8. The van der Waals surface area contributed by atoms with Crippen molar-refractivity contribution in [1.82, 2.24) is 10.5 Å². The maximum atomic E-state index is 3.45. The lowest BCUT2D eigenvalue weighted by Gasteiger charge is -1.88. The molecule has 0 saturated carbocycles. The van der Waals surface area contributed by atoms with E-state index in [-0.39, 0.29) is 0 Å². The fourth-order valence-electron chi connectivity index (χ4n) is 0.174. The maximum absolute atomic E-state index is 3.45. The zero-order valence-corrected chi connectivity index (χ0v) is 3.99. The highest BCUT2D eigenvalue weighted by molar-refractivity contribution is 6.28. The molecule has 3 heteroatoms. The smallest absolute Gasteiger partial charge is 0.318 e. The molecule has 6 heavy (non-hydrogen) atoms. The summed E-state index contributed by atoms with van der Waals surface area (Å²) in [7, 11) is 2.67. The van der Waals surface area contributed by atoms with Crippen molar-refractivity contribution in [1.29, 1.82) is 0 Å². The quantitative estimate of drug-likeness (QED) is 0.345. The van der Waals surface area contributed by atoms with Gasteiger partial charge in [0.25, 0.3) is 0 Å². The van der Waals surface area contributed by atoms with Gasteiger partial charge in [-0.1, -0.05) is 6.58 Å². The first-order chi connectivity index (χ1) is 2.91. The van der Waals surface area contributed by atoms with E-state index in [4.69, 9.17) is 0 Å². The lowest BCUT2D eigenvalue weighted by atomic mass is 10.2. The largest absolute Gasteiger partial charge is 0.424 e. The molecular weight excluding hydrogens is 74.9 g/mol. The molecule has 0 aromatic carbocycles. The van der Waals surface area contributed by atoms with E-state index in [2.05, 4.69) is 17.0 Å². The Kier molecular flexibility index (Phi) is 4.23. The minimum atomic E-state index is 0.795. The maximum Gasteiger partial charge on any atom is 0.318 e. The van der Waals surface area contributed by atoms with Crippen LogP contribution in [0, 0.1) is 0 Å². The minimum Gasteiger partial charge on any atom is -0.424 e. The third kappa shape index (κ3) is 3.56. The minimum absolute atomic E-state index is 0.795. The molecule has 0 saturated heterocycles. The SMILES string of the molecule is C=CNBNC. The van der Waals surface area contributed by atoms with E-state index in [1.54, 1.807) is 6.20 Å². The Morgan fingerprint density at radius 3 is 2.67 bits per heavy atom. The fourth-order valence-corrected chi connectivity index (χ4v) is 0.174. The van der Waals surface area contributed by atoms with Crippen molar-refractivity contribution in [2.75, 3.05) is 7.05 Å². The molecule has 0 atom stereocenters. The van der Waals surface area contributed by atoms with Crippen LogP contribution in [-0.2, 0) is 0 Å². The molecule has 0 unspecified atom stereocenters. The Hall–Kier alpha value is -0.435. The summed E-state index contributed by atoms with van der Waals surface area (Å²) in [6.07, 6.45) is 1.65. The van der Waals surface area contributed by atoms with Crippen LogP contribution in [-0.4, -0.2) is 14.6 Å². The molecule has 0 bridgehead atoms. The van der Waals surface area contributed by atoms with Gasteiger partial charge in [-0.25, -0.2) is 0 Å². The van der Waals surface area contributed by atoms with E-state index < -0.39 is 0 Å². The predicted octanol–water partition coefficient (Wildman–Crippen LogP) is -0.795. The molecule has 0 radical (unpaired) electrons. The number of nitrogens with one attached hydrogen (secondary N) is 2. The molecule has 0 aliphatic rings. The summed E-state index contributed by atoms with van der Waals surface area (Å²) in [5.74, 6) is 0. The Morgan fingerprint density at radius 2 is 2.50 bits per heavy atom. The third-order valence-electron chi connectivity index (χ3n) is 0.423. The van der Waals surface area contributed by atoms with E-state index in [1.807, 2.05) is 7.05 Å². The zero-order chi connectivity index (χ0) is 4.83.